The van der Waals surface area contributed by atoms with Gasteiger partial charge in [0.2, 0.25) is 5.91 Å². The third-order valence-corrected chi connectivity index (χ3v) is 3.55. The van der Waals surface area contributed by atoms with Crippen molar-refractivity contribution in [3.05, 3.63) is 65.7 Å². The second-order valence-electron chi connectivity index (χ2n) is 5.54. The first kappa shape index (κ1) is 14.3. The fourth-order valence-electron chi connectivity index (χ4n) is 2.19. The minimum atomic E-state index is -0.139. The van der Waals surface area contributed by atoms with E-state index in [-0.39, 0.29) is 11.8 Å². The largest absolute Gasteiger partial charge is 0.353 e. The maximum atomic E-state index is 12.0. The third-order valence-electron chi connectivity index (χ3n) is 3.55. The molecule has 2 N–H and O–H groups in total. The normalized spacial score (nSPS) is 13.5. The van der Waals surface area contributed by atoms with Crippen molar-refractivity contribution in [1.29, 1.82) is 0 Å². The van der Waals surface area contributed by atoms with Gasteiger partial charge in [-0.15, -0.1) is 0 Å². The summed E-state index contributed by atoms with van der Waals surface area (Å²) in [7, 11) is 0. The standard InChI is InChI=1S/C18H18N2O2/c21-17(19-15-10-11-15)12-13-6-8-16(9-7-13)20-18(22)14-4-2-1-3-5-14/h1-9,15H,10-12H2,(H,19,21)(H,20,22). The summed E-state index contributed by atoms with van der Waals surface area (Å²) in [6.07, 6.45) is 2.57. The van der Waals surface area contributed by atoms with Crippen LogP contribution in [0.25, 0.3) is 0 Å². The van der Waals surface area contributed by atoms with E-state index >= 15 is 0 Å². The quantitative estimate of drug-likeness (QED) is 0.891. The zero-order chi connectivity index (χ0) is 15.4. The Kier molecular flexibility index (Phi) is 4.19. The zero-order valence-corrected chi connectivity index (χ0v) is 12.2. The van der Waals surface area contributed by atoms with Gasteiger partial charge in [-0.2, -0.15) is 0 Å². The summed E-state index contributed by atoms with van der Waals surface area (Å²) < 4.78 is 0. The zero-order valence-electron chi connectivity index (χ0n) is 12.2. The maximum absolute atomic E-state index is 12.0. The molecule has 0 unspecified atom stereocenters. The van der Waals surface area contributed by atoms with Gasteiger partial charge in [-0.25, -0.2) is 0 Å². The average molecular weight is 294 g/mol. The highest BCUT2D eigenvalue weighted by atomic mass is 16.2. The van der Waals surface area contributed by atoms with E-state index < -0.39 is 0 Å². The Morgan fingerprint density at radius 3 is 2.27 bits per heavy atom. The molecule has 2 aromatic carbocycles. The number of carbonyl (C=O) groups excluding carboxylic acids is 2. The minimum absolute atomic E-state index is 0.0589. The highest BCUT2D eigenvalue weighted by Gasteiger charge is 2.22. The molecule has 4 nitrogen and oxygen atoms in total. The molecule has 0 radical (unpaired) electrons. The summed E-state index contributed by atoms with van der Waals surface area (Å²) in [5.41, 5.74) is 2.28. The lowest BCUT2D eigenvalue weighted by molar-refractivity contribution is -0.120. The molecule has 1 fully saturated rings. The molecule has 1 saturated carbocycles. The lowest BCUT2D eigenvalue weighted by Crippen LogP contribution is -2.26. The van der Waals surface area contributed by atoms with Gasteiger partial charge in [0.05, 0.1) is 6.42 Å². The first-order valence-corrected chi connectivity index (χ1v) is 7.45. The molecule has 22 heavy (non-hydrogen) atoms. The van der Waals surface area contributed by atoms with Crippen LogP contribution in [0.1, 0.15) is 28.8 Å². The highest BCUT2D eigenvalue weighted by molar-refractivity contribution is 6.04. The van der Waals surface area contributed by atoms with Crippen molar-refractivity contribution >= 4 is 17.5 Å². The van der Waals surface area contributed by atoms with E-state index in [1.165, 1.54) is 0 Å². The predicted molar refractivity (Wildman–Crippen MR) is 85.7 cm³/mol. The molecule has 0 spiro atoms. The van der Waals surface area contributed by atoms with Crippen LogP contribution >= 0.6 is 0 Å². The molecule has 0 atom stereocenters. The summed E-state index contributed by atoms with van der Waals surface area (Å²) in [6, 6.07) is 16.8. The number of hydrogen-bond donors (Lipinski definition) is 2. The first-order chi connectivity index (χ1) is 10.7. The van der Waals surface area contributed by atoms with Crippen LogP contribution in [0.2, 0.25) is 0 Å². The van der Waals surface area contributed by atoms with Gasteiger partial charge in [-0.1, -0.05) is 30.3 Å². The molecule has 112 valence electrons. The summed E-state index contributed by atoms with van der Waals surface area (Å²) in [5, 5.41) is 5.80. The van der Waals surface area contributed by atoms with E-state index in [0.29, 0.717) is 18.0 Å². The van der Waals surface area contributed by atoms with E-state index in [1.54, 1.807) is 12.1 Å². The average Bonchev–Trinajstić information content (AvgIpc) is 3.34. The Balaban J connectivity index is 1.56. The maximum Gasteiger partial charge on any atom is 0.255 e. The molecule has 0 saturated heterocycles. The van der Waals surface area contributed by atoms with Crippen molar-refractivity contribution in [3.8, 4) is 0 Å². The molecular weight excluding hydrogens is 276 g/mol. The van der Waals surface area contributed by atoms with Crippen molar-refractivity contribution in [2.45, 2.75) is 25.3 Å². The number of benzene rings is 2. The molecule has 0 bridgehead atoms. The van der Waals surface area contributed by atoms with Crippen LogP contribution in [0.5, 0.6) is 0 Å². The SMILES string of the molecule is O=C(Cc1ccc(NC(=O)c2ccccc2)cc1)NC1CC1. The van der Waals surface area contributed by atoms with Gasteiger partial charge in [0.1, 0.15) is 0 Å². The lowest BCUT2D eigenvalue weighted by atomic mass is 10.1. The Hall–Kier alpha value is -2.62. The van der Waals surface area contributed by atoms with Crippen molar-refractivity contribution in [1.82, 2.24) is 5.32 Å². The molecule has 2 aromatic rings. The van der Waals surface area contributed by atoms with Gasteiger partial charge in [-0.05, 0) is 42.7 Å². The van der Waals surface area contributed by atoms with Crippen LogP contribution in [0.3, 0.4) is 0 Å². The van der Waals surface area contributed by atoms with Crippen LogP contribution in [0.4, 0.5) is 5.69 Å². The van der Waals surface area contributed by atoms with E-state index in [1.807, 2.05) is 42.5 Å². The summed E-state index contributed by atoms with van der Waals surface area (Å²) in [4.78, 5) is 23.8. The summed E-state index contributed by atoms with van der Waals surface area (Å²) >= 11 is 0. The molecule has 1 aliphatic carbocycles. The Morgan fingerprint density at radius 2 is 1.64 bits per heavy atom. The van der Waals surface area contributed by atoms with E-state index in [9.17, 15) is 9.59 Å². The molecule has 0 aliphatic heterocycles. The Labute approximate surface area is 129 Å². The van der Waals surface area contributed by atoms with E-state index in [0.717, 1.165) is 24.1 Å². The van der Waals surface area contributed by atoms with Crippen LogP contribution < -0.4 is 10.6 Å². The van der Waals surface area contributed by atoms with Crippen molar-refractivity contribution in [2.75, 3.05) is 5.32 Å². The fraction of sp³-hybridized carbons (Fsp3) is 0.222. The van der Waals surface area contributed by atoms with Crippen molar-refractivity contribution in [3.63, 3.8) is 0 Å². The van der Waals surface area contributed by atoms with Gasteiger partial charge in [0.15, 0.2) is 0 Å². The van der Waals surface area contributed by atoms with Gasteiger partial charge < -0.3 is 10.6 Å². The summed E-state index contributed by atoms with van der Waals surface area (Å²) in [5.74, 6) is -0.0802. The highest BCUT2D eigenvalue weighted by Crippen LogP contribution is 2.19. The smallest absolute Gasteiger partial charge is 0.255 e. The number of amides is 2. The molecule has 1 aliphatic rings. The molecule has 4 heteroatoms. The Morgan fingerprint density at radius 1 is 0.955 bits per heavy atom. The second-order valence-corrected chi connectivity index (χ2v) is 5.54. The van der Waals surface area contributed by atoms with Gasteiger partial charge in [0, 0.05) is 17.3 Å². The van der Waals surface area contributed by atoms with Gasteiger partial charge in [-0.3, -0.25) is 9.59 Å². The van der Waals surface area contributed by atoms with Crippen LogP contribution in [0, 0.1) is 0 Å². The minimum Gasteiger partial charge on any atom is -0.353 e. The predicted octanol–water partition coefficient (Wildman–Crippen LogP) is 2.76. The Bertz CT molecular complexity index is 661. The molecular formula is C18H18N2O2. The molecule has 0 heterocycles. The van der Waals surface area contributed by atoms with Crippen molar-refractivity contribution in [2.24, 2.45) is 0 Å². The molecule has 0 aromatic heterocycles. The summed E-state index contributed by atoms with van der Waals surface area (Å²) in [6.45, 7) is 0. The van der Waals surface area contributed by atoms with Crippen LogP contribution in [-0.2, 0) is 11.2 Å². The number of hydrogen-bond acceptors (Lipinski definition) is 2. The fourth-order valence-corrected chi connectivity index (χ4v) is 2.19. The molecule has 3 rings (SSSR count). The molecule has 2 amide bonds. The number of carbonyl (C=O) groups is 2. The van der Waals surface area contributed by atoms with Gasteiger partial charge in [0.25, 0.3) is 5.91 Å². The second kappa shape index (κ2) is 6.43. The topological polar surface area (TPSA) is 58.2 Å². The third kappa shape index (κ3) is 3.95. The van der Waals surface area contributed by atoms with Crippen LogP contribution in [-0.4, -0.2) is 17.9 Å². The number of nitrogens with one attached hydrogen (secondary N) is 2. The van der Waals surface area contributed by atoms with Gasteiger partial charge >= 0.3 is 0 Å². The van der Waals surface area contributed by atoms with E-state index in [4.69, 9.17) is 0 Å². The lowest BCUT2D eigenvalue weighted by Gasteiger charge is -2.07. The van der Waals surface area contributed by atoms with Crippen LogP contribution in [0.15, 0.2) is 54.6 Å². The number of rotatable bonds is 5. The van der Waals surface area contributed by atoms with E-state index in [2.05, 4.69) is 10.6 Å². The monoisotopic (exact) mass is 294 g/mol. The first-order valence-electron chi connectivity index (χ1n) is 7.45. The van der Waals surface area contributed by atoms with Crippen molar-refractivity contribution < 1.29 is 9.59 Å². The number of anilines is 1.